The molecule has 1 heterocycles. The SMILES string of the molecule is NC(=O)CCn1c(=O)sc2ccc(Cl)cc21. The summed E-state index contributed by atoms with van der Waals surface area (Å²) in [7, 11) is 0. The van der Waals surface area contributed by atoms with Crippen LogP contribution in [-0.2, 0) is 11.3 Å². The smallest absolute Gasteiger partial charge is 0.308 e. The van der Waals surface area contributed by atoms with Crippen LogP contribution in [0.25, 0.3) is 10.2 Å². The van der Waals surface area contributed by atoms with Crippen molar-refractivity contribution in [3.63, 3.8) is 0 Å². The molecule has 2 N–H and O–H groups in total. The van der Waals surface area contributed by atoms with Gasteiger partial charge in [-0.3, -0.25) is 14.2 Å². The number of aromatic nitrogens is 1. The molecule has 0 saturated heterocycles. The molecular weight excluding hydrogens is 248 g/mol. The minimum atomic E-state index is -0.423. The normalized spacial score (nSPS) is 10.8. The van der Waals surface area contributed by atoms with E-state index in [2.05, 4.69) is 0 Å². The van der Waals surface area contributed by atoms with Crippen LogP contribution in [0.4, 0.5) is 0 Å². The number of fused-ring (bicyclic) bond motifs is 1. The molecule has 0 spiro atoms. The lowest BCUT2D eigenvalue weighted by Gasteiger charge is -2.01. The Labute approximate surface area is 100 Å². The molecule has 0 atom stereocenters. The highest BCUT2D eigenvalue weighted by Gasteiger charge is 2.08. The molecular formula is C10H9ClN2O2S. The average molecular weight is 257 g/mol. The Balaban J connectivity index is 2.50. The minimum Gasteiger partial charge on any atom is -0.370 e. The van der Waals surface area contributed by atoms with Crippen molar-refractivity contribution in [3.8, 4) is 0 Å². The quantitative estimate of drug-likeness (QED) is 0.906. The van der Waals surface area contributed by atoms with Crippen molar-refractivity contribution in [2.45, 2.75) is 13.0 Å². The number of nitrogens with zero attached hydrogens (tertiary/aromatic N) is 1. The Morgan fingerprint density at radius 2 is 2.25 bits per heavy atom. The molecule has 0 aliphatic carbocycles. The van der Waals surface area contributed by atoms with Crippen molar-refractivity contribution >= 4 is 39.1 Å². The van der Waals surface area contributed by atoms with Gasteiger partial charge in [-0.15, -0.1) is 0 Å². The number of halogens is 1. The third kappa shape index (κ3) is 2.10. The zero-order valence-electron chi connectivity index (χ0n) is 8.27. The number of rotatable bonds is 3. The molecule has 6 heteroatoms. The van der Waals surface area contributed by atoms with E-state index in [0.29, 0.717) is 11.6 Å². The Morgan fingerprint density at radius 1 is 1.50 bits per heavy atom. The summed E-state index contributed by atoms with van der Waals surface area (Å²) in [6.45, 7) is 0.300. The molecule has 1 amide bonds. The number of carbonyl (C=O) groups excluding carboxylic acids is 1. The number of thiazole rings is 1. The molecule has 0 fully saturated rings. The minimum absolute atomic E-state index is 0.0986. The molecule has 0 aliphatic rings. The second-order valence-corrected chi connectivity index (χ2v) is 4.78. The molecule has 2 rings (SSSR count). The lowest BCUT2D eigenvalue weighted by Crippen LogP contribution is -2.19. The molecule has 0 saturated carbocycles. The Hall–Kier alpha value is -1.33. The van der Waals surface area contributed by atoms with Gasteiger partial charge in [-0.2, -0.15) is 0 Å². The van der Waals surface area contributed by atoms with Crippen LogP contribution in [0.1, 0.15) is 6.42 Å². The molecule has 4 nitrogen and oxygen atoms in total. The van der Waals surface area contributed by atoms with Gasteiger partial charge in [-0.1, -0.05) is 22.9 Å². The molecule has 16 heavy (non-hydrogen) atoms. The summed E-state index contributed by atoms with van der Waals surface area (Å²) in [5, 5.41) is 0.568. The van der Waals surface area contributed by atoms with Crippen LogP contribution in [-0.4, -0.2) is 10.5 Å². The highest BCUT2D eigenvalue weighted by Crippen LogP contribution is 2.21. The van der Waals surface area contributed by atoms with Crippen LogP contribution in [0.3, 0.4) is 0 Å². The fourth-order valence-electron chi connectivity index (χ4n) is 1.47. The first-order chi connectivity index (χ1) is 7.58. The van der Waals surface area contributed by atoms with Gasteiger partial charge >= 0.3 is 4.87 Å². The zero-order valence-corrected chi connectivity index (χ0v) is 9.85. The van der Waals surface area contributed by atoms with Gasteiger partial charge in [0, 0.05) is 18.0 Å². The summed E-state index contributed by atoms with van der Waals surface area (Å²) in [6, 6.07) is 5.25. The van der Waals surface area contributed by atoms with Crippen molar-refractivity contribution in [2.24, 2.45) is 5.73 Å². The number of hydrogen-bond donors (Lipinski definition) is 1. The first kappa shape index (κ1) is 11.2. The lowest BCUT2D eigenvalue weighted by atomic mass is 10.3. The molecule has 0 bridgehead atoms. The van der Waals surface area contributed by atoms with Gasteiger partial charge in [0.05, 0.1) is 10.2 Å². The second-order valence-electron chi connectivity index (χ2n) is 3.35. The summed E-state index contributed by atoms with van der Waals surface area (Å²) in [5.74, 6) is -0.423. The monoisotopic (exact) mass is 256 g/mol. The fraction of sp³-hybridized carbons (Fsp3) is 0.200. The van der Waals surface area contributed by atoms with Crippen molar-refractivity contribution < 1.29 is 4.79 Å². The third-order valence-electron chi connectivity index (χ3n) is 2.21. The average Bonchev–Trinajstić information content (AvgIpc) is 2.51. The van der Waals surface area contributed by atoms with Crippen molar-refractivity contribution in [3.05, 3.63) is 32.9 Å². The van der Waals surface area contributed by atoms with Crippen LogP contribution in [0, 0.1) is 0 Å². The summed E-state index contributed by atoms with van der Waals surface area (Å²) in [4.78, 5) is 22.2. The number of aryl methyl sites for hydroxylation is 1. The number of primary amides is 1. The van der Waals surface area contributed by atoms with E-state index in [4.69, 9.17) is 17.3 Å². The molecule has 84 valence electrons. The Kier molecular flexibility index (Phi) is 2.98. The van der Waals surface area contributed by atoms with E-state index in [0.717, 1.165) is 21.6 Å². The Morgan fingerprint density at radius 3 is 2.94 bits per heavy atom. The van der Waals surface area contributed by atoms with E-state index < -0.39 is 5.91 Å². The zero-order chi connectivity index (χ0) is 11.7. The van der Waals surface area contributed by atoms with Crippen LogP contribution >= 0.6 is 22.9 Å². The molecule has 0 unspecified atom stereocenters. The van der Waals surface area contributed by atoms with Gasteiger partial charge in [0.25, 0.3) is 0 Å². The maximum Gasteiger partial charge on any atom is 0.308 e. The highest BCUT2D eigenvalue weighted by molar-refractivity contribution is 7.16. The van der Waals surface area contributed by atoms with Crippen LogP contribution in [0.15, 0.2) is 23.0 Å². The first-order valence-corrected chi connectivity index (χ1v) is 5.84. The maximum atomic E-state index is 11.6. The summed E-state index contributed by atoms with van der Waals surface area (Å²) < 4.78 is 2.38. The van der Waals surface area contributed by atoms with E-state index in [-0.39, 0.29) is 11.3 Å². The number of carbonyl (C=O) groups is 1. The van der Waals surface area contributed by atoms with Gasteiger partial charge in [-0.05, 0) is 18.2 Å². The summed E-state index contributed by atoms with van der Waals surface area (Å²) >= 11 is 7.00. The van der Waals surface area contributed by atoms with Gasteiger partial charge in [0.15, 0.2) is 0 Å². The van der Waals surface area contributed by atoms with E-state index in [1.54, 1.807) is 18.2 Å². The number of benzene rings is 1. The van der Waals surface area contributed by atoms with Gasteiger partial charge in [-0.25, -0.2) is 0 Å². The molecule has 1 aromatic heterocycles. The largest absolute Gasteiger partial charge is 0.370 e. The molecule has 0 radical (unpaired) electrons. The van der Waals surface area contributed by atoms with E-state index in [1.807, 2.05) is 0 Å². The molecule has 2 aromatic rings. The standard InChI is InChI=1S/C10H9ClN2O2S/c11-6-1-2-8-7(5-6)13(10(15)16-8)4-3-9(12)14/h1-2,5H,3-4H2,(H2,12,14). The van der Waals surface area contributed by atoms with Crippen LogP contribution in [0.2, 0.25) is 5.02 Å². The molecule has 1 aromatic carbocycles. The van der Waals surface area contributed by atoms with Gasteiger partial charge in [0.1, 0.15) is 0 Å². The number of amides is 1. The second kappa shape index (κ2) is 4.27. The predicted octanol–water partition coefficient (Wildman–Crippen LogP) is 1.59. The van der Waals surface area contributed by atoms with Crippen LogP contribution in [0.5, 0.6) is 0 Å². The fourth-order valence-corrected chi connectivity index (χ4v) is 2.53. The van der Waals surface area contributed by atoms with Gasteiger partial charge in [0.2, 0.25) is 5.91 Å². The number of nitrogens with two attached hydrogens (primary N) is 1. The van der Waals surface area contributed by atoms with E-state index >= 15 is 0 Å². The van der Waals surface area contributed by atoms with E-state index in [9.17, 15) is 9.59 Å². The third-order valence-corrected chi connectivity index (χ3v) is 3.41. The topological polar surface area (TPSA) is 65.1 Å². The van der Waals surface area contributed by atoms with E-state index in [1.165, 1.54) is 4.57 Å². The first-order valence-electron chi connectivity index (χ1n) is 4.65. The summed E-state index contributed by atoms with van der Waals surface area (Å²) in [5.41, 5.74) is 5.81. The van der Waals surface area contributed by atoms with Gasteiger partial charge < -0.3 is 5.73 Å². The number of hydrogen-bond acceptors (Lipinski definition) is 3. The summed E-state index contributed by atoms with van der Waals surface area (Å²) in [6.07, 6.45) is 0.151. The Bertz CT molecular complexity index is 602. The maximum absolute atomic E-state index is 11.6. The van der Waals surface area contributed by atoms with Crippen molar-refractivity contribution in [2.75, 3.05) is 0 Å². The molecule has 0 aliphatic heterocycles. The predicted molar refractivity (Wildman–Crippen MR) is 64.9 cm³/mol. The van der Waals surface area contributed by atoms with Crippen LogP contribution < -0.4 is 10.6 Å². The lowest BCUT2D eigenvalue weighted by molar-refractivity contribution is -0.118. The van der Waals surface area contributed by atoms with Crippen molar-refractivity contribution in [1.82, 2.24) is 4.57 Å². The highest BCUT2D eigenvalue weighted by atomic mass is 35.5. The van der Waals surface area contributed by atoms with Crippen molar-refractivity contribution in [1.29, 1.82) is 0 Å².